The van der Waals surface area contributed by atoms with E-state index in [0.717, 1.165) is 25.1 Å². The van der Waals surface area contributed by atoms with Gasteiger partial charge in [0.05, 0.1) is 0 Å². The molecule has 0 spiro atoms. The molecule has 0 saturated heterocycles. The minimum atomic E-state index is 0.744. The first kappa shape index (κ1) is 8.47. The van der Waals surface area contributed by atoms with Crippen molar-refractivity contribution in [2.24, 2.45) is 0 Å². The van der Waals surface area contributed by atoms with E-state index in [0.29, 0.717) is 0 Å². The molecule has 1 rings (SSSR count). The topological polar surface area (TPSA) is 25.8 Å². The highest BCUT2D eigenvalue weighted by Gasteiger charge is 1.91. The number of halogens is 1. The van der Waals surface area contributed by atoms with Gasteiger partial charge in [0.25, 0.3) is 0 Å². The van der Waals surface area contributed by atoms with Crippen LogP contribution in [0.15, 0.2) is 18.7 Å². The molecule has 0 aliphatic heterocycles. The average molecular weight is 171 g/mol. The fourth-order valence-electron chi connectivity index (χ4n) is 0.883. The van der Waals surface area contributed by atoms with Crippen molar-refractivity contribution in [3.63, 3.8) is 0 Å². The van der Waals surface area contributed by atoms with Crippen molar-refractivity contribution in [1.82, 2.24) is 9.97 Å². The molecule has 11 heavy (non-hydrogen) atoms. The van der Waals surface area contributed by atoms with Crippen LogP contribution in [0.2, 0.25) is 0 Å². The van der Waals surface area contributed by atoms with Gasteiger partial charge >= 0.3 is 0 Å². The summed E-state index contributed by atoms with van der Waals surface area (Å²) in [4.78, 5) is 7.84. The number of unbranched alkanes of at least 4 members (excludes halogenated alkanes) is 1. The van der Waals surface area contributed by atoms with E-state index >= 15 is 0 Å². The van der Waals surface area contributed by atoms with Crippen molar-refractivity contribution in [1.29, 1.82) is 0 Å². The molecule has 0 saturated carbocycles. The molecule has 0 aromatic carbocycles. The lowest BCUT2D eigenvalue weighted by Crippen LogP contribution is -1.88. The molecule has 0 fully saturated rings. The molecule has 0 aliphatic rings. The van der Waals surface area contributed by atoms with E-state index in [1.807, 2.05) is 12.4 Å². The first-order chi connectivity index (χ1) is 5.43. The van der Waals surface area contributed by atoms with Crippen molar-refractivity contribution in [2.45, 2.75) is 19.3 Å². The molecular weight excluding hydrogens is 160 g/mol. The lowest BCUT2D eigenvalue weighted by molar-refractivity contribution is 0.792. The molecule has 3 heteroatoms. The summed E-state index contributed by atoms with van der Waals surface area (Å²) < 4.78 is 0. The van der Waals surface area contributed by atoms with Gasteiger partial charge in [-0.1, -0.05) is 0 Å². The summed E-state index contributed by atoms with van der Waals surface area (Å²) in [5, 5.41) is 0. The molecule has 0 N–H and O–H groups in total. The zero-order valence-corrected chi connectivity index (χ0v) is 7.09. The van der Waals surface area contributed by atoms with Crippen LogP contribution in [0.4, 0.5) is 0 Å². The molecular formula is C8H11ClN2. The number of alkyl halides is 1. The van der Waals surface area contributed by atoms with E-state index in [4.69, 9.17) is 11.6 Å². The highest BCUT2D eigenvalue weighted by molar-refractivity contribution is 6.17. The Morgan fingerprint density at radius 1 is 1.18 bits per heavy atom. The Morgan fingerprint density at radius 2 is 1.91 bits per heavy atom. The zero-order chi connectivity index (χ0) is 7.94. The third kappa shape index (κ3) is 3.33. The summed E-state index contributed by atoms with van der Waals surface area (Å²) in [6.45, 7) is 0. The molecule has 0 aliphatic carbocycles. The van der Waals surface area contributed by atoms with Crippen LogP contribution in [0.25, 0.3) is 0 Å². The fourth-order valence-corrected chi connectivity index (χ4v) is 1.07. The van der Waals surface area contributed by atoms with Gasteiger partial charge in [-0.2, -0.15) is 0 Å². The SMILES string of the molecule is ClCCCCc1cncnc1. The van der Waals surface area contributed by atoms with Gasteiger partial charge in [0.1, 0.15) is 6.33 Å². The van der Waals surface area contributed by atoms with Crippen LogP contribution >= 0.6 is 11.6 Å². The summed E-state index contributed by atoms with van der Waals surface area (Å²) in [6.07, 6.45) is 8.47. The van der Waals surface area contributed by atoms with Crippen LogP contribution < -0.4 is 0 Å². The Labute approximate surface area is 71.6 Å². The number of rotatable bonds is 4. The minimum absolute atomic E-state index is 0.744. The number of hydrogen-bond donors (Lipinski definition) is 0. The van der Waals surface area contributed by atoms with E-state index in [9.17, 15) is 0 Å². The second-order valence-electron chi connectivity index (χ2n) is 2.39. The van der Waals surface area contributed by atoms with Crippen molar-refractivity contribution < 1.29 is 0 Å². The summed E-state index contributed by atoms with van der Waals surface area (Å²) in [6, 6.07) is 0. The Kier molecular flexibility index (Phi) is 3.91. The van der Waals surface area contributed by atoms with Crippen LogP contribution in [-0.4, -0.2) is 15.8 Å². The first-order valence-corrected chi connectivity index (χ1v) is 4.27. The molecule has 2 nitrogen and oxygen atoms in total. The standard InChI is InChI=1S/C8H11ClN2/c9-4-2-1-3-8-5-10-7-11-6-8/h5-7H,1-4H2. The monoisotopic (exact) mass is 170 g/mol. The van der Waals surface area contributed by atoms with Gasteiger partial charge in [-0.3, -0.25) is 0 Å². The summed E-state index contributed by atoms with van der Waals surface area (Å²) in [5.74, 6) is 0.744. The number of aryl methyl sites for hydroxylation is 1. The second kappa shape index (κ2) is 5.08. The van der Waals surface area contributed by atoms with Crippen LogP contribution in [0.1, 0.15) is 18.4 Å². The second-order valence-corrected chi connectivity index (χ2v) is 2.77. The number of nitrogens with zero attached hydrogens (tertiary/aromatic N) is 2. The molecule has 1 heterocycles. The van der Waals surface area contributed by atoms with Crippen LogP contribution in [0.5, 0.6) is 0 Å². The van der Waals surface area contributed by atoms with Gasteiger partial charge in [0.2, 0.25) is 0 Å². The number of hydrogen-bond acceptors (Lipinski definition) is 2. The lowest BCUT2D eigenvalue weighted by atomic mass is 10.2. The fraction of sp³-hybridized carbons (Fsp3) is 0.500. The normalized spacial score (nSPS) is 9.91. The number of aromatic nitrogens is 2. The third-order valence-electron chi connectivity index (χ3n) is 1.46. The summed E-state index contributed by atoms with van der Waals surface area (Å²) in [5.41, 5.74) is 1.19. The molecule has 0 bridgehead atoms. The zero-order valence-electron chi connectivity index (χ0n) is 6.33. The van der Waals surface area contributed by atoms with Crippen molar-refractivity contribution >= 4 is 11.6 Å². The van der Waals surface area contributed by atoms with E-state index in [1.54, 1.807) is 6.33 Å². The molecule has 0 unspecified atom stereocenters. The van der Waals surface area contributed by atoms with Crippen molar-refractivity contribution in [3.05, 3.63) is 24.3 Å². The first-order valence-electron chi connectivity index (χ1n) is 3.73. The maximum absolute atomic E-state index is 5.54. The van der Waals surface area contributed by atoms with Gasteiger partial charge in [0.15, 0.2) is 0 Å². The van der Waals surface area contributed by atoms with Gasteiger partial charge in [-0.05, 0) is 24.8 Å². The molecule has 0 radical (unpaired) electrons. The highest BCUT2D eigenvalue weighted by atomic mass is 35.5. The largest absolute Gasteiger partial charge is 0.245 e. The van der Waals surface area contributed by atoms with Gasteiger partial charge in [0, 0.05) is 18.3 Å². The van der Waals surface area contributed by atoms with Gasteiger partial charge in [-0.25, -0.2) is 9.97 Å². The maximum Gasteiger partial charge on any atom is 0.115 e. The van der Waals surface area contributed by atoms with Crippen molar-refractivity contribution in [2.75, 3.05) is 5.88 Å². The minimum Gasteiger partial charge on any atom is -0.245 e. The Balaban J connectivity index is 2.28. The summed E-state index contributed by atoms with van der Waals surface area (Å²) >= 11 is 5.54. The highest BCUT2D eigenvalue weighted by Crippen LogP contribution is 2.01. The van der Waals surface area contributed by atoms with E-state index < -0.39 is 0 Å². The average Bonchev–Trinajstić information content (AvgIpc) is 2.07. The molecule has 0 amide bonds. The van der Waals surface area contributed by atoms with Crippen molar-refractivity contribution in [3.8, 4) is 0 Å². The lowest BCUT2D eigenvalue weighted by Gasteiger charge is -1.96. The predicted molar refractivity (Wildman–Crippen MR) is 45.7 cm³/mol. The van der Waals surface area contributed by atoms with Gasteiger partial charge in [-0.15, -0.1) is 11.6 Å². The third-order valence-corrected chi connectivity index (χ3v) is 1.73. The van der Waals surface area contributed by atoms with E-state index in [2.05, 4.69) is 9.97 Å². The Hall–Kier alpha value is -0.630. The molecule has 60 valence electrons. The predicted octanol–water partition coefficient (Wildman–Crippen LogP) is 2.04. The smallest absolute Gasteiger partial charge is 0.115 e. The van der Waals surface area contributed by atoms with E-state index in [1.165, 1.54) is 5.56 Å². The molecule has 1 aromatic rings. The van der Waals surface area contributed by atoms with Crippen LogP contribution in [-0.2, 0) is 6.42 Å². The Morgan fingerprint density at radius 3 is 2.55 bits per heavy atom. The Bertz CT molecular complexity index is 189. The molecule has 0 atom stereocenters. The summed E-state index contributed by atoms with van der Waals surface area (Å²) in [7, 11) is 0. The van der Waals surface area contributed by atoms with Crippen LogP contribution in [0, 0.1) is 0 Å². The quantitative estimate of drug-likeness (QED) is 0.511. The van der Waals surface area contributed by atoms with E-state index in [-0.39, 0.29) is 0 Å². The van der Waals surface area contributed by atoms with Crippen LogP contribution in [0.3, 0.4) is 0 Å². The molecule has 1 aromatic heterocycles. The van der Waals surface area contributed by atoms with Gasteiger partial charge < -0.3 is 0 Å². The maximum atomic E-state index is 5.54.